The van der Waals surface area contributed by atoms with E-state index in [1.807, 2.05) is 6.07 Å². The number of nitrogens with zero attached hydrogens (tertiary/aromatic N) is 1. The van der Waals surface area contributed by atoms with Crippen LogP contribution in [-0.4, -0.2) is 11.0 Å². The maximum atomic E-state index is 10.9. The molecule has 0 bridgehead atoms. The largest absolute Gasteiger partial charge is 0.382 e. The molecule has 4 heteroatoms. The van der Waals surface area contributed by atoms with Gasteiger partial charge in [-0.15, -0.1) is 0 Å². The van der Waals surface area contributed by atoms with E-state index in [1.54, 1.807) is 19.1 Å². The number of nitrogens with one attached hydrogen (secondary N) is 1. The van der Waals surface area contributed by atoms with Crippen molar-refractivity contribution in [1.82, 2.24) is 0 Å². The van der Waals surface area contributed by atoms with Gasteiger partial charge >= 0.3 is 0 Å². The summed E-state index contributed by atoms with van der Waals surface area (Å²) in [5, 5.41) is 14.2. The van der Waals surface area contributed by atoms with Gasteiger partial charge in [-0.25, -0.2) is 0 Å². The zero-order chi connectivity index (χ0) is 13.7. The van der Waals surface area contributed by atoms with Gasteiger partial charge < -0.3 is 5.32 Å². The number of benzene rings is 1. The minimum atomic E-state index is -0.331. The highest BCUT2D eigenvalue weighted by molar-refractivity contribution is 5.55. The number of hydrogen-bond acceptors (Lipinski definition) is 3. The van der Waals surface area contributed by atoms with Crippen molar-refractivity contribution in [2.45, 2.75) is 46.6 Å². The Kier molecular flexibility index (Phi) is 5.13. The van der Waals surface area contributed by atoms with Crippen molar-refractivity contribution in [3.8, 4) is 0 Å². The van der Waals surface area contributed by atoms with E-state index in [1.165, 1.54) is 0 Å². The van der Waals surface area contributed by atoms with Crippen LogP contribution in [0.4, 0.5) is 11.4 Å². The fraction of sp³-hybridized carbons (Fsp3) is 0.571. The van der Waals surface area contributed by atoms with Gasteiger partial charge in [0.1, 0.15) is 0 Å². The molecule has 1 aromatic rings. The minimum absolute atomic E-state index is 0.178. The molecule has 1 rings (SSSR count). The molecule has 1 unspecified atom stereocenters. The molecule has 0 amide bonds. The first-order valence-corrected chi connectivity index (χ1v) is 6.51. The standard InChI is InChI=1S/C14H22N2O2/c1-5-12(6-2)11(4)15-13-8-7-10(3)14(9-13)16(17)18/h7-9,11-12,15H,5-6H2,1-4H3. The molecular weight excluding hydrogens is 228 g/mol. The van der Waals surface area contributed by atoms with Crippen LogP contribution >= 0.6 is 0 Å². The second-order valence-electron chi connectivity index (χ2n) is 4.77. The Hall–Kier alpha value is -1.58. The van der Waals surface area contributed by atoms with Crippen LogP contribution in [0.25, 0.3) is 0 Å². The lowest BCUT2D eigenvalue weighted by Crippen LogP contribution is -2.25. The Morgan fingerprint density at radius 2 is 1.94 bits per heavy atom. The van der Waals surface area contributed by atoms with Crippen molar-refractivity contribution in [2.75, 3.05) is 5.32 Å². The first-order chi connectivity index (χ1) is 8.49. The molecule has 0 spiro atoms. The second-order valence-corrected chi connectivity index (χ2v) is 4.77. The van der Waals surface area contributed by atoms with Gasteiger partial charge in [-0.1, -0.05) is 32.8 Å². The van der Waals surface area contributed by atoms with Crippen molar-refractivity contribution in [2.24, 2.45) is 5.92 Å². The van der Waals surface area contributed by atoms with Crippen molar-refractivity contribution in [3.63, 3.8) is 0 Å². The predicted octanol–water partition coefficient (Wildman–Crippen LogP) is 4.14. The van der Waals surface area contributed by atoms with Gasteiger partial charge in [0, 0.05) is 23.4 Å². The quantitative estimate of drug-likeness (QED) is 0.609. The van der Waals surface area contributed by atoms with Crippen LogP contribution in [0.15, 0.2) is 18.2 Å². The van der Waals surface area contributed by atoms with Crippen LogP contribution in [0.1, 0.15) is 39.2 Å². The van der Waals surface area contributed by atoms with Crippen molar-refractivity contribution in [3.05, 3.63) is 33.9 Å². The Bertz CT molecular complexity index is 414. The fourth-order valence-electron chi connectivity index (χ4n) is 2.27. The van der Waals surface area contributed by atoms with Crippen LogP contribution in [-0.2, 0) is 0 Å². The first-order valence-electron chi connectivity index (χ1n) is 6.51. The molecule has 18 heavy (non-hydrogen) atoms. The molecule has 0 aromatic heterocycles. The molecule has 0 aliphatic carbocycles. The molecule has 1 atom stereocenters. The van der Waals surface area contributed by atoms with Crippen LogP contribution in [0.5, 0.6) is 0 Å². The minimum Gasteiger partial charge on any atom is -0.382 e. The normalized spacial score (nSPS) is 12.5. The number of rotatable bonds is 6. The van der Waals surface area contributed by atoms with Crippen LogP contribution in [0.2, 0.25) is 0 Å². The molecule has 0 aliphatic heterocycles. The molecule has 1 N–H and O–H groups in total. The van der Waals surface area contributed by atoms with Gasteiger partial charge in [0.15, 0.2) is 0 Å². The van der Waals surface area contributed by atoms with Gasteiger partial charge in [0.25, 0.3) is 5.69 Å². The zero-order valence-corrected chi connectivity index (χ0v) is 11.6. The van der Waals surface area contributed by atoms with Crippen LogP contribution < -0.4 is 5.32 Å². The summed E-state index contributed by atoms with van der Waals surface area (Å²) in [5.41, 5.74) is 1.70. The summed E-state index contributed by atoms with van der Waals surface area (Å²) < 4.78 is 0. The van der Waals surface area contributed by atoms with Gasteiger partial charge in [-0.2, -0.15) is 0 Å². The Morgan fingerprint density at radius 3 is 2.44 bits per heavy atom. The monoisotopic (exact) mass is 250 g/mol. The summed E-state index contributed by atoms with van der Waals surface area (Å²) in [6, 6.07) is 5.64. The highest BCUT2D eigenvalue weighted by atomic mass is 16.6. The molecule has 100 valence electrons. The van der Waals surface area contributed by atoms with E-state index in [-0.39, 0.29) is 10.6 Å². The second kappa shape index (κ2) is 6.38. The molecular formula is C14H22N2O2. The topological polar surface area (TPSA) is 55.2 Å². The van der Waals surface area contributed by atoms with Crippen LogP contribution in [0.3, 0.4) is 0 Å². The van der Waals surface area contributed by atoms with E-state index in [0.717, 1.165) is 18.5 Å². The third kappa shape index (κ3) is 3.45. The lowest BCUT2D eigenvalue weighted by Gasteiger charge is -2.23. The van der Waals surface area contributed by atoms with Gasteiger partial charge in [0.05, 0.1) is 4.92 Å². The molecule has 1 aromatic carbocycles. The molecule has 0 fully saturated rings. The SMILES string of the molecule is CCC(CC)C(C)Nc1ccc(C)c([N+](=O)[O-])c1. The Morgan fingerprint density at radius 1 is 1.33 bits per heavy atom. The summed E-state index contributed by atoms with van der Waals surface area (Å²) in [5.74, 6) is 0.588. The first kappa shape index (κ1) is 14.5. The number of anilines is 1. The van der Waals surface area contributed by atoms with E-state index < -0.39 is 0 Å². The molecule has 0 saturated carbocycles. The van der Waals surface area contributed by atoms with E-state index in [4.69, 9.17) is 0 Å². The van der Waals surface area contributed by atoms with Gasteiger partial charge in [0.2, 0.25) is 0 Å². The van der Waals surface area contributed by atoms with Crippen LogP contribution in [0, 0.1) is 23.0 Å². The average Bonchev–Trinajstić information content (AvgIpc) is 2.32. The Balaban J connectivity index is 2.85. The fourth-order valence-corrected chi connectivity index (χ4v) is 2.27. The highest BCUT2D eigenvalue weighted by Gasteiger charge is 2.15. The van der Waals surface area contributed by atoms with E-state index in [9.17, 15) is 10.1 Å². The van der Waals surface area contributed by atoms with E-state index in [0.29, 0.717) is 17.5 Å². The summed E-state index contributed by atoms with van der Waals surface area (Å²) in [6.07, 6.45) is 2.22. The summed E-state index contributed by atoms with van der Waals surface area (Å²) in [7, 11) is 0. The summed E-state index contributed by atoms with van der Waals surface area (Å²) >= 11 is 0. The summed E-state index contributed by atoms with van der Waals surface area (Å²) in [4.78, 5) is 10.6. The van der Waals surface area contributed by atoms with Crippen molar-refractivity contribution < 1.29 is 4.92 Å². The lowest BCUT2D eigenvalue weighted by molar-refractivity contribution is -0.385. The van der Waals surface area contributed by atoms with E-state index >= 15 is 0 Å². The maximum Gasteiger partial charge on any atom is 0.274 e. The predicted molar refractivity (Wildman–Crippen MR) is 75.0 cm³/mol. The number of nitro groups is 1. The smallest absolute Gasteiger partial charge is 0.274 e. The molecule has 0 saturated heterocycles. The number of nitro benzene ring substituents is 1. The van der Waals surface area contributed by atoms with Crippen molar-refractivity contribution in [1.29, 1.82) is 0 Å². The maximum absolute atomic E-state index is 10.9. The molecule has 0 heterocycles. The number of aryl methyl sites for hydroxylation is 1. The Labute approximate surface area is 109 Å². The third-order valence-electron chi connectivity index (χ3n) is 3.56. The van der Waals surface area contributed by atoms with Crippen molar-refractivity contribution >= 4 is 11.4 Å². The van der Waals surface area contributed by atoms with E-state index in [2.05, 4.69) is 26.1 Å². The van der Waals surface area contributed by atoms with Gasteiger partial charge in [-0.3, -0.25) is 10.1 Å². The highest BCUT2D eigenvalue weighted by Crippen LogP contribution is 2.24. The zero-order valence-electron chi connectivity index (χ0n) is 11.6. The lowest BCUT2D eigenvalue weighted by atomic mass is 9.95. The van der Waals surface area contributed by atoms with Gasteiger partial charge in [-0.05, 0) is 25.8 Å². The third-order valence-corrected chi connectivity index (χ3v) is 3.56. The molecule has 0 radical (unpaired) electrons. The molecule has 4 nitrogen and oxygen atoms in total. The number of hydrogen-bond donors (Lipinski definition) is 1. The summed E-state index contributed by atoms with van der Waals surface area (Å²) in [6.45, 7) is 8.23. The average molecular weight is 250 g/mol. The molecule has 0 aliphatic rings.